The van der Waals surface area contributed by atoms with E-state index in [4.69, 9.17) is 18.5 Å². The number of quaternary nitrogens is 1. The summed E-state index contributed by atoms with van der Waals surface area (Å²) in [5, 5.41) is 0. The Morgan fingerprint density at radius 2 is 0.931 bits per heavy atom. The number of ether oxygens (including phenoxy) is 2. The van der Waals surface area contributed by atoms with Gasteiger partial charge in [0.05, 0.1) is 27.7 Å². The summed E-state index contributed by atoms with van der Waals surface area (Å²) in [6, 6.07) is 0. The second-order valence-electron chi connectivity index (χ2n) is 16.1. The maximum Gasteiger partial charge on any atom is 0.306 e. The number of rotatable bonds is 40. The fraction of sp³-hybridized carbons (Fsp3) is 0.708. The summed E-state index contributed by atoms with van der Waals surface area (Å²) in [4.78, 5) is 37.5. The van der Waals surface area contributed by atoms with Crippen LogP contribution < -0.4 is 4.89 Å². The third-order valence-corrected chi connectivity index (χ3v) is 10.2. The van der Waals surface area contributed by atoms with Gasteiger partial charge in [-0.1, -0.05) is 138 Å². The highest BCUT2D eigenvalue weighted by Crippen LogP contribution is 2.38. The Morgan fingerprint density at radius 1 is 0.534 bits per heavy atom. The summed E-state index contributed by atoms with van der Waals surface area (Å²) in [5.41, 5.74) is 0. The number of hydrogen-bond acceptors (Lipinski definition) is 8. The van der Waals surface area contributed by atoms with Gasteiger partial charge in [0.25, 0.3) is 7.82 Å². The maximum atomic E-state index is 12.7. The molecule has 0 aliphatic rings. The zero-order chi connectivity index (χ0) is 42.8. The lowest BCUT2D eigenvalue weighted by atomic mass is 10.1. The number of phosphoric ester groups is 1. The number of unbranched alkanes of at least 4 members (excludes halogenated alkanes) is 14. The molecule has 0 aromatic carbocycles. The minimum Gasteiger partial charge on any atom is -0.756 e. The van der Waals surface area contributed by atoms with Gasteiger partial charge in [0.1, 0.15) is 19.8 Å². The average molecular weight is 834 g/mol. The van der Waals surface area contributed by atoms with Crippen LogP contribution in [-0.4, -0.2) is 70.0 Å². The van der Waals surface area contributed by atoms with Crippen LogP contribution in [0.4, 0.5) is 0 Å². The molecule has 0 bridgehead atoms. The van der Waals surface area contributed by atoms with E-state index in [2.05, 4.69) is 86.8 Å². The second-order valence-corrected chi connectivity index (χ2v) is 17.5. The molecule has 0 spiro atoms. The Hall–Kier alpha value is -2.55. The molecule has 0 aliphatic heterocycles. The molecule has 0 saturated carbocycles. The molecule has 10 heteroatoms. The fourth-order valence-electron chi connectivity index (χ4n) is 5.61. The lowest BCUT2D eigenvalue weighted by molar-refractivity contribution is -0.870. The number of nitrogens with zero attached hydrogens (tertiary/aromatic N) is 1. The molecule has 0 aliphatic carbocycles. The molecule has 0 radical (unpaired) electrons. The van der Waals surface area contributed by atoms with Crippen molar-refractivity contribution in [3.63, 3.8) is 0 Å². The van der Waals surface area contributed by atoms with E-state index in [1.54, 1.807) is 0 Å². The van der Waals surface area contributed by atoms with Crippen molar-refractivity contribution in [2.24, 2.45) is 0 Å². The lowest BCUT2D eigenvalue weighted by Gasteiger charge is -2.28. The normalized spacial score (nSPS) is 14.2. The summed E-state index contributed by atoms with van der Waals surface area (Å²) in [7, 11) is 1.12. The lowest BCUT2D eigenvalue weighted by Crippen LogP contribution is -2.37. The topological polar surface area (TPSA) is 111 Å². The zero-order valence-electron chi connectivity index (χ0n) is 37.5. The van der Waals surface area contributed by atoms with Crippen molar-refractivity contribution >= 4 is 19.8 Å². The van der Waals surface area contributed by atoms with Crippen LogP contribution in [0.5, 0.6) is 0 Å². The summed E-state index contributed by atoms with van der Waals surface area (Å²) in [6.45, 7) is 4.10. The van der Waals surface area contributed by atoms with Crippen molar-refractivity contribution in [1.29, 1.82) is 0 Å². The number of carbonyl (C=O) groups excluding carboxylic acids is 2. The standard InChI is InChI=1S/C48H84NO8P/c1-6-8-10-12-14-16-18-20-22-23-24-25-27-28-30-32-34-36-38-40-47(50)54-44-46(45-56-58(52,53)55-43-42-49(3,4)5)57-48(51)41-39-37-35-33-31-29-26-21-19-17-15-13-11-9-7-2/h14,16,20-22,24-26,28,30-31,33,46H,6-13,15,17-19,23,27,29,32,34-45H2,1-5H3/b16-14+,22-20+,25-24+,26-21+,30-28+,33-31+/t46-/m1/s1. The molecule has 58 heavy (non-hydrogen) atoms. The van der Waals surface area contributed by atoms with E-state index in [1.807, 2.05) is 21.1 Å². The molecule has 0 aromatic rings. The first-order chi connectivity index (χ1) is 28.0. The van der Waals surface area contributed by atoms with Gasteiger partial charge in [-0.2, -0.15) is 0 Å². The minimum atomic E-state index is -4.64. The van der Waals surface area contributed by atoms with Crippen molar-refractivity contribution in [2.45, 2.75) is 174 Å². The molecule has 0 fully saturated rings. The van der Waals surface area contributed by atoms with E-state index in [9.17, 15) is 19.0 Å². The summed E-state index contributed by atoms with van der Waals surface area (Å²) >= 11 is 0. The minimum absolute atomic E-state index is 0.0456. The SMILES string of the molecule is CCCCC/C=C/C/C=C/C/C=C/C/C=C/CCCCCC(=O)OC[C@H](COP(=O)([O-])OCC[N+](C)(C)C)OC(=O)CCCC/C=C/C/C=C/CCCCCCCC. The number of phosphoric acid groups is 1. The van der Waals surface area contributed by atoms with Crippen LogP contribution in [-0.2, 0) is 32.7 Å². The molecule has 2 atom stereocenters. The number of hydrogen-bond donors (Lipinski definition) is 0. The Bertz CT molecular complexity index is 1220. The number of likely N-dealkylation sites (N-methyl/N-ethyl adjacent to an activating group) is 1. The van der Waals surface area contributed by atoms with Crippen LogP contribution in [0.1, 0.15) is 168 Å². The van der Waals surface area contributed by atoms with Gasteiger partial charge >= 0.3 is 11.9 Å². The Morgan fingerprint density at radius 3 is 1.45 bits per heavy atom. The van der Waals surface area contributed by atoms with E-state index < -0.39 is 32.5 Å². The van der Waals surface area contributed by atoms with Gasteiger partial charge in [0, 0.05) is 12.8 Å². The van der Waals surface area contributed by atoms with Crippen molar-refractivity contribution < 1.29 is 42.1 Å². The summed E-state index contributed by atoms with van der Waals surface area (Å²) in [6.07, 6.45) is 49.3. The van der Waals surface area contributed by atoms with Gasteiger partial charge in [-0.05, 0) is 89.9 Å². The Kier molecular flexibility index (Phi) is 38.1. The van der Waals surface area contributed by atoms with Crippen LogP contribution in [0.15, 0.2) is 72.9 Å². The van der Waals surface area contributed by atoms with Gasteiger partial charge in [-0.3, -0.25) is 14.2 Å². The van der Waals surface area contributed by atoms with E-state index in [0.29, 0.717) is 23.9 Å². The molecule has 0 rings (SSSR count). The molecule has 0 saturated heterocycles. The van der Waals surface area contributed by atoms with E-state index in [1.165, 1.54) is 64.2 Å². The highest BCUT2D eigenvalue weighted by Gasteiger charge is 2.21. The van der Waals surface area contributed by atoms with E-state index in [0.717, 1.165) is 64.2 Å². The third kappa shape index (κ3) is 43.0. The van der Waals surface area contributed by atoms with E-state index in [-0.39, 0.29) is 26.1 Å². The van der Waals surface area contributed by atoms with Gasteiger partial charge in [-0.25, -0.2) is 0 Å². The largest absolute Gasteiger partial charge is 0.756 e. The molecular weight excluding hydrogens is 750 g/mol. The van der Waals surface area contributed by atoms with Gasteiger partial charge in [0.2, 0.25) is 0 Å². The highest BCUT2D eigenvalue weighted by molar-refractivity contribution is 7.45. The van der Waals surface area contributed by atoms with Crippen LogP contribution in [0.25, 0.3) is 0 Å². The number of esters is 2. The average Bonchev–Trinajstić information content (AvgIpc) is 3.17. The van der Waals surface area contributed by atoms with Crippen molar-refractivity contribution in [1.82, 2.24) is 0 Å². The van der Waals surface area contributed by atoms with Gasteiger partial charge < -0.3 is 27.9 Å². The van der Waals surface area contributed by atoms with Crippen LogP contribution in [0.2, 0.25) is 0 Å². The van der Waals surface area contributed by atoms with Crippen LogP contribution >= 0.6 is 7.82 Å². The van der Waals surface area contributed by atoms with Crippen LogP contribution in [0.3, 0.4) is 0 Å². The Labute approximate surface area is 355 Å². The Balaban J connectivity index is 4.47. The zero-order valence-corrected chi connectivity index (χ0v) is 38.4. The fourth-order valence-corrected chi connectivity index (χ4v) is 6.34. The smallest absolute Gasteiger partial charge is 0.306 e. The highest BCUT2D eigenvalue weighted by atomic mass is 31.2. The molecule has 0 heterocycles. The first kappa shape index (κ1) is 55.5. The first-order valence-electron chi connectivity index (χ1n) is 22.6. The second kappa shape index (κ2) is 39.9. The third-order valence-electron chi connectivity index (χ3n) is 9.20. The number of allylic oxidation sites excluding steroid dienone is 12. The van der Waals surface area contributed by atoms with Crippen molar-refractivity contribution in [3.05, 3.63) is 72.9 Å². The molecule has 9 nitrogen and oxygen atoms in total. The summed E-state index contributed by atoms with van der Waals surface area (Å²) in [5.74, 6) is -0.915. The molecule has 334 valence electrons. The van der Waals surface area contributed by atoms with E-state index >= 15 is 0 Å². The first-order valence-corrected chi connectivity index (χ1v) is 24.1. The quantitative estimate of drug-likeness (QED) is 0.0197. The molecule has 1 unspecified atom stereocenters. The molecule has 0 aromatic heterocycles. The van der Waals surface area contributed by atoms with Gasteiger partial charge in [0.15, 0.2) is 6.10 Å². The predicted molar refractivity (Wildman–Crippen MR) is 240 cm³/mol. The summed E-state index contributed by atoms with van der Waals surface area (Å²) < 4.78 is 33.8. The molecule has 0 amide bonds. The maximum absolute atomic E-state index is 12.7. The monoisotopic (exact) mass is 834 g/mol. The van der Waals surface area contributed by atoms with Crippen LogP contribution in [0, 0.1) is 0 Å². The van der Waals surface area contributed by atoms with Crippen molar-refractivity contribution in [2.75, 3.05) is 47.5 Å². The number of carbonyl (C=O) groups is 2. The van der Waals surface area contributed by atoms with Gasteiger partial charge in [-0.15, -0.1) is 0 Å². The van der Waals surface area contributed by atoms with Crippen molar-refractivity contribution in [3.8, 4) is 0 Å². The molecular formula is C48H84NO8P. The predicted octanol–water partition coefficient (Wildman–Crippen LogP) is 12.4. The molecule has 0 N–H and O–H groups in total.